The molecule has 0 unspecified atom stereocenters. The Bertz CT molecular complexity index is 544. The Labute approximate surface area is 106 Å². The number of rotatable bonds is 2. The summed E-state index contributed by atoms with van der Waals surface area (Å²) in [7, 11) is 0. The summed E-state index contributed by atoms with van der Waals surface area (Å²) >= 11 is 3.27. The van der Waals surface area contributed by atoms with Gasteiger partial charge in [0.25, 0.3) is 5.91 Å². The standard InChI is InChI=1S/C11H9BrN4O/c12-9-2-1-7(3-10(9)13)11(17)16-8-4-14-6-15-5-8/h1-6H,13H2,(H,16,17). The number of amides is 1. The van der Waals surface area contributed by atoms with E-state index in [9.17, 15) is 4.79 Å². The third kappa shape index (κ3) is 2.79. The Hall–Kier alpha value is -1.95. The zero-order chi connectivity index (χ0) is 12.3. The highest BCUT2D eigenvalue weighted by atomic mass is 79.9. The molecule has 5 nitrogen and oxygen atoms in total. The van der Waals surface area contributed by atoms with Gasteiger partial charge in [-0.3, -0.25) is 4.79 Å². The van der Waals surface area contributed by atoms with Crippen molar-refractivity contribution >= 4 is 33.2 Å². The van der Waals surface area contributed by atoms with Crippen LogP contribution in [-0.2, 0) is 0 Å². The first-order valence-electron chi connectivity index (χ1n) is 4.78. The fraction of sp³-hybridized carbons (Fsp3) is 0. The average molecular weight is 293 g/mol. The predicted molar refractivity (Wildman–Crippen MR) is 68.5 cm³/mol. The Morgan fingerprint density at radius 3 is 2.65 bits per heavy atom. The fourth-order valence-corrected chi connectivity index (χ4v) is 1.50. The molecule has 3 N–H and O–H groups in total. The first kappa shape index (κ1) is 11.5. The average Bonchev–Trinajstić information content (AvgIpc) is 2.34. The molecule has 0 atom stereocenters. The first-order chi connectivity index (χ1) is 8.16. The van der Waals surface area contributed by atoms with Gasteiger partial charge in [0.05, 0.1) is 18.1 Å². The lowest BCUT2D eigenvalue weighted by Gasteiger charge is -2.05. The number of carbonyl (C=O) groups is 1. The van der Waals surface area contributed by atoms with Crippen LogP contribution in [0.2, 0.25) is 0 Å². The van der Waals surface area contributed by atoms with Gasteiger partial charge >= 0.3 is 0 Å². The molecule has 1 amide bonds. The summed E-state index contributed by atoms with van der Waals surface area (Å²) in [5.74, 6) is -0.251. The monoisotopic (exact) mass is 292 g/mol. The lowest BCUT2D eigenvalue weighted by Crippen LogP contribution is -2.12. The quantitative estimate of drug-likeness (QED) is 0.831. The summed E-state index contributed by atoms with van der Waals surface area (Å²) in [6.07, 6.45) is 4.44. The van der Waals surface area contributed by atoms with Crippen molar-refractivity contribution in [3.05, 3.63) is 47.0 Å². The molecule has 86 valence electrons. The van der Waals surface area contributed by atoms with Crippen LogP contribution in [0.3, 0.4) is 0 Å². The minimum absolute atomic E-state index is 0.251. The lowest BCUT2D eigenvalue weighted by atomic mass is 10.2. The summed E-state index contributed by atoms with van der Waals surface area (Å²) in [5, 5.41) is 2.67. The van der Waals surface area contributed by atoms with Gasteiger partial charge in [0.1, 0.15) is 6.33 Å². The number of nitrogens with one attached hydrogen (secondary N) is 1. The number of nitrogen functional groups attached to an aromatic ring is 1. The largest absolute Gasteiger partial charge is 0.398 e. The van der Waals surface area contributed by atoms with Crippen LogP contribution < -0.4 is 11.1 Å². The number of nitrogens with two attached hydrogens (primary N) is 1. The van der Waals surface area contributed by atoms with E-state index in [1.54, 1.807) is 18.2 Å². The number of hydrogen-bond acceptors (Lipinski definition) is 4. The maximum absolute atomic E-state index is 11.8. The molecule has 1 aromatic heterocycles. The van der Waals surface area contributed by atoms with Gasteiger partial charge in [-0.05, 0) is 34.1 Å². The topological polar surface area (TPSA) is 80.9 Å². The highest BCUT2D eigenvalue weighted by Gasteiger charge is 2.07. The van der Waals surface area contributed by atoms with E-state index in [0.29, 0.717) is 16.9 Å². The number of aromatic nitrogens is 2. The van der Waals surface area contributed by atoms with E-state index < -0.39 is 0 Å². The number of benzene rings is 1. The molecule has 0 aliphatic carbocycles. The minimum Gasteiger partial charge on any atom is -0.398 e. The Kier molecular flexibility index (Phi) is 3.34. The predicted octanol–water partition coefficient (Wildman–Crippen LogP) is 2.07. The Balaban J connectivity index is 2.18. The van der Waals surface area contributed by atoms with Crippen LogP contribution in [0.5, 0.6) is 0 Å². The summed E-state index contributed by atoms with van der Waals surface area (Å²) in [4.78, 5) is 19.5. The molecule has 0 bridgehead atoms. The van der Waals surface area contributed by atoms with Crippen molar-refractivity contribution in [1.82, 2.24) is 9.97 Å². The van der Waals surface area contributed by atoms with Gasteiger partial charge in [-0.25, -0.2) is 9.97 Å². The van der Waals surface area contributed by atoms with Crippen LogP contribution in [0.25, 0.3) is 0 Å². The smallest absolute Gasteiger partial charge is 0.255 e. The zero-order valence-electron chi connectivity index (χ0n) is 8.72. The molecule has 0 aliphatic heterocycles. The molecule has 2 aromatic rings. The second-order valence-electron chi connectivity index (χ2n) is 3.32. The van der Waals surface area contributed by atoms with Crippen LogP contribution in [0.4, 0.5) is 11.4 Å². The van der Waals surface area contributed by atoms with Crippen molar-refractivity contribution in [2.24, 2.45) is 0 Å². The van der Waals surface area contributed by atoms with Crippen LogP contribution in [0.1, 0.15) is 10.4 Å². The van der Waals surface area contributed by atoms with Crippen molar-refractivity contribution < 1.29 is 4.79 Å². The first-order valence-corrected chi connectivity index (χ1v) is 5.57. The maximum Gasteiger partial charge on any atom is 0.255 e. The lowest BCUT2D eigenvalue weighted by molar-refractivity contribution is 0.102. The molecule has 0 fully saturated rings. The molecule has 6 heteroatoms. The molecular formula is C11H9BrN4O. The molecule has 0 aliphatic rings. The molecule has 0 radical (unpaired) electrons. The van der Waals surface area contributed by atoms with Gasteiger partial charge in [-0.15, -0.1) is 0 Å². The Morgan fingerprint density at radius 2 is 2.00 bits per heavy atom. The van der Waals surface area contributed by atoms with Crippen LogP contribution in [0, 0.1) is 0 Å². The van der Waals surface area contributed by atoms with Crippen molar-refractivity contribution in [2.45, 2.75) is 0 Å². The molecule has 1 heterocycles. The summed E-state index contributed by atoms with van der Waals surface area (Å²) in [6, 6.07) is 5.01. The summed E-state index contributed by atoms with van der Waals surface area (Å²) < 4.78 is 0.761. The molecule has 0 saturated heterocycles. The second-order valence-corrected chi connectivity index (χ2v) is 4.17. The highest BCUT2D eigenvalue weighted by molar-refractivity contribution is 9.10. The van der Waals surface area contributed by atoms with Crippen molar-refractivity contribution in [2.75, 3.05) is 11.1 Å². The maximum atomic E-state index is 11.8. The van der Waals surface area contributed by atoms with E-state index in [2.05, 4.69) is 31.2 Å². The van der Waals surface area contributed by atoms with Crippen molar-refractivity contribution in [3.8, 4) is 0 Å². The fourth-order valence-electron chi connectivity index (χ4n) is 1.25. The Morgan fingerprint density at radius 1 is 1.29 bits per heavy atom. The highest BCUT2D eigenvalue weighted by Crippen LogP contribution is 2.20. The number of hydrogen-bond donors (Lipinski definition) is 2. The molecular weight excluding hydrogens is 284 g/mol. The van der Waals surface area contributed by atoms with E-state index in [-0.39, 0.29) is 5.91 Å². The normalized spacial score (nSPS) is 9.94. The molecule has 1 aromatic carbocycles. The third-order valence-corrected chi connectivity index (χ3v) is 2.80. The second kappa shape index (κ2) is 4.92. The summed E-state index contributed by atoms with van der Waals surface area (Å²) in [5.41, 5.74) is 7.24. The van der Waals surface area contributed by atoms with Gasteiger partial charge in [-0.1, -0.05) is 0 Å². The minimum atomic E-state index is -0.251. The van der Waals surface area contributed by atoms with Gasteiger partial charge in [0.2, 0.25) is 0 Å². The van der Waals surface area contributed by atoms with Gasteiger partial charge < -0.3 is 11.1 Å². The number of anilines is 2. The van der Waals surface area contributed by atoms with Gasteiger partial charge in [0, 0.05) is 15.7 Å². The van der Waals surface area contributed by atoms with Crippen molar-refractivity contribution in [1.29, 1.82) is 0 Å². The van der Waals surface area contributed by atoms with Crippen LogP contribution in [0.15, 0.2) is 41.4 Å². The molecule has 0 spiro atoms. The number of halogens is 1. The SMILES string of the molecule is Nc1cc(C(=O)Nc2cncnc2)ccc1Br. The molecule has 2 rings (SSSR count). The van der Waals surface area contributed by atoms with Crippen LogP contribution >= 0.6 is 15.9 Å². The van der Waals surface area contributed by atoms with E-state index in [1.807, 2.05) is 0 Å². The van der Waals surface area contributed by atoms with E-state index in [0.717, 1.165) is 4.47 Å². The summed E-state index contributed by atoms with van der Waals surface area (Å²) in [6.45, 7) is 0. The molecule has 0 saturated carbocycles. The number of nitrogens with zero attached hydrogens (tertiary/aromatic N) is 2. The molecule has 17 heavy (non-hydrogen) atoms. The van der Waals surface area contributed by atoms with E-state index in [1.165, 1.54) is 18.7 Å². The zero-order valence-corrected chi connectivity index (χ0v) is 10.3. The van der Waals surface area contributed by atoms with Crippen LogP contribution in [-0.4, -0.2) is 15.9 Å². The number of carbonyl (C=O) groups excluding carboxylic acids is 1. The van der Waals surface area contributed by atoms with E-state index >= 15 is 0 Å². The van der Waals surface area contributed by atoms with Gasteiger partial charge in [0.15, 0.2) is 0 Å². The van der Waals surface area contributed by atoms with Gasteiger partial charge in [-0.2, -0.15) is 0 Å². The van der Waals surface area contributed by atoms with E-state index in [4.69, 9.17) is 5.73 Å². The third-order valence-electron chi connectivity index (χ3n) is 2.08. The van der Waals surface area contributed by atoms with Crippen molar-refractivity contribution in [3.63, 3.8) is 0 Å².